The summed E-state index contributed by atoms with van der Waals surface area (Å²) in [6.45, 7) is 8.23. The molecule has 2 aliphatic heterocycles. The quantitative estimate of drug-likeness (QED) is 0.737. The topological polar surface area (TPSA) is 40.6 Å². The molecular formula is C15H25BrN2O2. The van der Waals surface area contributed by atoms with Gasteiger partial charge in [-0.05, 0) is 30.6 Å². The van der Waals surface area contributed by atoms with E-state index in [-0.39, 0.29) is 29.8 Å². The fourth-order valence-electron chi connectivity index (χ4n) is 3.00. The molecule has 2 saturated heterocycles. The highest BCUT2D eigenvalue weighted by molar-refractivity contribution is 9.09. The first-order valence-corrected chi connectivity index (χ1v) is 8.61. The van der Waals surface area contributed by atoms with Crippen LogP contribution in [0.15, 0.2) is 0 Å². The van der Waals surface area contributed by atoms with E-state index >= 15 is 0 Å². The van der Waals surface area contributed by atoms with Crippen molar-refractivity contribution in [3.05, 3.63) is 0 Å². The maximum atomic E-state index is 12.6. The van der Waals surface area contributed by atoms with Gasteiger partial charge in [0.15, 0.2) is 0 Å². The summed E-state index contributed by atoms with van der Waals surface area (Å²) in [5.74, 6) is 0.630. The molecule has 0 radical (unpaired) electrons. The molecule has 0 aromatic heterocycles. The Bertz CT molecular complexity index is 392. The third kappa shape index (κ3) is 3.18. The molecule has 2 fully saturated rings. The van der Waals surface area contributed by atoms with Crippen LogP contribution >= 0.6 is 15.9 Å². The average Bonchev–Trinajstić information content (AvgIpc) is 2.40. The molecule has 0 aliphatic carbocycles. The summed E-state index contributed by atoms with van der Waals surface area (Å²) in [5.41, 5.74) is 0.122. The summed E-state index contributed by atoms with van der Waals surface area (Å²) in [6, 6.07) is -0.194. The number of piperazine rings is 1. The van der Waals surface area contributed by atoms with Crippen LogP contribution in [0.5, 0.6) is 0 Å². The fourth-order valence-corrected chi connectivity index (χ4v) is 4.18. The zero-order valence-corrected chi connectivity index (χ0v) is 14.3. The number of piperidine rings is 1. The van der Waals surface area contributed by atoms with E-state index in [1.807, 2.05) is 0 Å². The lowest BCUT2D eigenvalue weighted by molar-refractivity contribution is -0.158. The molecule has 5 heteroatoms. The van der Waals surface area contributed by atoms with Crippen LogP contribution in [0.25, 0.3) is 0 Å². The minimum absolute atomic E-state index is 0.122. The number of amides is 2. The van der Waals surface area contributed by atoms with E-state index in [0.29, 0.717) is 12.5 Å². The SMILES string of the molecule is CC(C)(C)C(CBr)CN1CC(=O)N2CCCCC2C1=O. The number of hydrogen-bond acceptors (Lipinski definition) is 2. The Labute approximate surface area is 130 Å². The molecule has 0 saturated carbocycles. The molecule has 114 valence electrons. The minimum Gasteiger partial charge on any atom is -0.331 e. The van der Waals surface area contributed by atoms with Gasteiger partial charge in [0, 0.05) is 18.4 Å². The zero-order valence-electron chi connectivity index (χ0n) is 12.7. The highest BCUT2D eigenvalue weighted by Crippen LogP contribution is 2.30. The number of rotatable bonds is 3. The van der Waals surface area contributed by atoms with Gasteiger partial charge in [-0.1, -0.05) is 36.7 Å². The number of halogens is 1. The summed E-state index contributed by atoms with van der Waals surface area (Å²) in [7, 11) is 0. The van der Waals surface area contributed by atoms with E-state index in [0.717, 1.165) is 31.1 Å². The first-order chi connectivity index (χ1) is 9.34. The second-order valence-electron chi connectivity index (χ2n) is 7.03. The summed E-state index contributed by atoms with van der Waals surface area (Å²) in [6.07, 6.45) is 2.91. The predicted molar refractivity (Wildman–Crippen MR) is 82.7 cm³/mol. The number of nitrogens with zero attached hydrogens (tertiary/aromatic N) is 2. The van der Waals surface area contributed by atoms with Gasteiger partial charge in [-0.15, -0.1) is 0 Å². The molecule has 2 unspecified atom stereocenters. The third-order valence-electron chi connectivity index (χ3n) is 4.60. The van der Waals surface area contributed by atoms with Crippen molar-refractivity contribution in [2.24, 2.45) is 11.3 Å². The van der Waals surface area contributed by atoms with Gasteiger partial charge in [-0.2, -0.15) is 0 Å². The Morgan fingerprint density at radius 1 is 1.30 bits per heavy atom. The van der Waals surface area contributed by atoms with Gasteiger partial charge in [0.05, 0.1) is 6.54 Å². The number of carbonyl (C=O) groups is 2. The molecule has 20 heavy (non-hydrogen) atoms. The second-order valence-corrected chi connectivity index (χ2v) is 7.68. The third-order valence-corrected chi connectivity index (χ3v) is 5.38. The lowest BCUT2D eigenvalue weighted by Crippen LogP contribution is -2.62. The lowest BCUT2D eigenvalue weighted by Gasteiger charge is -2.44. The molecule has 0 N–H and O–H groups in total. The van der Waals surface area contributed by atoms with Crippen molar-refractivity contribution in [2.75, 3.05) is 25.0 Å². The van der Waals surface area contributed by atoms with E-state index in [1.54, 1.807) is 9.80 Å². The Kier molecular flexibility index (Phi) is 4.77. The zero-order chi connectivity index (χ0) is 14.9. The molecule has 0 bridgehead atoms. The van der Waals surface area contributed by atoms with Crippen molar-refractivity contribution in [3.63, 3.8) is 0 Å². The lowest BCUT2D eigenvalue weighted by atomic mass is 9.81. The van der Waals surface area contributed by atoms with E-state index < -0.39 is 0 Å². The molecule has 0 aromatic carbocycles. The molecule has 2 aliphatic rings. The summed E-state index contributed by atoms with van der Waals surface area (Å²) in [4.78, 5) is 28.4. The van der Waals surface area contributed by atoms with Crippen molar-refractivity contribution in [3.8, 4) is 0 Å². The van der Waals surface area contributed by atoms with E-state index in [9.17, 15) is 9.59 Å². The molecule has 2 atom stereocenters. The maximum Gasteiger partial charge on any atom is 0.245 e. The van der Waals surface area contributed by atoms with Gasteiger partial charge < -0.3 is 9.80 Å². The van der Waals surface area contributed by atoms with Crippen LogP contribution < -0.4 is 0 Å². The van der Waals surface area contributed by atoms with Crippen molar-refractivity contribution in [2.45, 2.75) is 46.1 Å². The van der Waals surface area contributed by atoms with Crippen LogP contribution in [-0.4, -0.2) is 52.6 Å². The fraction of sp³-hybridized carbons (Fsp3) is 0.867. The second kappa shape index (κ2) is 6.04. The summed E-state index contributed by atoms with van der Waals surface area (Å²) < 4.78 is 0. The van der Waals surface area contributed by atoms with Crippen molar-refractivity contribution >= 4 is 27.7 Å². The van der Waals surface area contributed by atoms with Gasteiger partial charge in [-0.3, -0.25) is 9.59 Å². The van der Waals surface area contributed by atoms with Crippen LogP contribution in [0.2, 0.25) is 0 Å². The minimum atomic E-state index is -0.194. The Balaban J connectivity index is 2.09. The molecule has 0 aromatic rings. The van der Waals surface area contributed by atoms with Gasteiger partial charge in [0.2, 0.25) is 11.8 Å². The first-order valence-electron chi connectivity index (χ1n) is 7.49. The maximum absolute atomic E-state index is 12.6. The van der Waals surface area contributed by atoms with Crippen LogP contribution in [-0.2, 0) is 9.59 Å². The van der Waals surface area contributed by atoms with Gasteiger partial charge >= 0.3 is 0 Å². The molecule has 2 heterocycles. The van der Waals surface area contributed by atoms with Crippen LogP contribution in [0.3, 0.4) is 0 Å². The Hall–Kier alpha value is -0.580. The molecular weight excluding hydrogens is 320 g/mol. The number of alkyl halides is 1. The number of carbonyl (C=O) groups excluding carboxylic acids is 2. The highest BCUT2D eigenvalue weighted by atomic mass is 79.9. The van der Waals surface area contributed by atoms with Gasteiger partial charge in [-0.25, -0.2) is 0 Å². The van der Waals surface area contributed by atoms with E-state index in [1.165, 1.54) is 0 Å². The predicted octanol–water partition coefficient (Wildman–Crippen LogP) is 2.27. The van der Waals surface area contributed by atoms with Crippen LogP contribution in [0, 0.1) is 11.3 Å². The van der Waals surface area contributed by atoms with Gasteiger partial charge in [0.25, 0.3) is 0 Å². The summed E-state index contributed by atoms with van der Waals surface area (Å²) in [5, 5.41) is 0.850. The molecule has 2 rings (SSSR count). The molecule has 2 amide bonds. The van der Waals surface area contributed by atoms with Crippen LogP contribution in [0.4, 0.5) is 0 Å². The van der Waals surface area contributed by atoms with Crippen molar-refractivity contribution in [1.29, 1.82) is 0 Å². The number of hydrogen-bond donors (Lipinski definition) is 0. The largest absolute Gasteiger partial charge is 0.331 e. The number of fused-ring (bicyclic) bond motifs is 1. The monoisotopic (exact) mass is 344 g/mol. The smallest absolute Gasteiger partial charge is 0.245 e. The van der Waals surface area contributed by atoms with E-state index in [4.69, 9.17) is 0 Å². The summed E-state index contributed by atoms with van der Waals surface area (Å²) >= 11 is 3.55. The van der Waals surface area contributed by atoms with Gasteiger partial charge in [0.1, 0.15) is 6.04 Å². The first kappa shape index (κ1) is 15.8. The van der Waals surface area contributed by atoms with Crippen molar-refractivity contribution < 1.29 is 9.59 Å². The Morgan fingerprint density at radius 2 is 2.00 bits per heavy atom. The standard InChI is InChI=1S/C15H25BrN2O2/c1-15(2,3)11(8-16)9-17-10-13(19)18-7-5-4-6-12(18)14(17)20/h11-12H,4-10H2,1-3H3. The van der Waals surface area contributed by atoms with Crippen LogP contribution in [0.1, 0.15) is 40.0 Å². The molecule has 0 spiro atoms. The normalized spacial score (nSPS) is 25.7. The van der Waals surface area contributed by atoms with Crippen molar-refractivity contribution in [1.82, 2.24) is 9.80 Å². The highest BCUT2D eigenvalue weighted by Gasteiger charge is 2.41. The average molecular weight is 345 g/mol. The molecule has 4 nitrogen and oxygen atoms in total. The van der Waals surface area contributed by atoms with E-state index in [2.05, 4.69) is 36.7 Å². The Morgan fingerprint density at radius 3 is 2.60 bits per heavy atom.